The van der Waals surface area contributed by atoms with E-state index in [2.05, 4.69) is 10.3 Å². The fraction of sp³-hybridized carbons (Fsp3) is 0.278. The van der Waals surface area contributed by atoms with Gasteiger partial charge in [0.2, 0.25) is 5.91 Å². The third kappa shape index (κ3) is 4.55. The van der Waals surface area contributed by atoms with Gasteiger partial charge in [0, 0.05) is 28.8 Å². The molecule has 0 spiro atoms. The van der Waals surface area contributed by atoms with Crippen LogP contribution in [0.5, 0.6) is 0 Å². The van der Waals surface area contributed by atoms with Crippen LogP contribution in [0.2, 0.25) is 0 Å². The minimum Gasteiger partial charge on any atom is -0.369 e. The molecule has 1 aliphatic rings. The summed E-state index contributed by atoms with van der Waals surface area (Å²) in [5.41, 5.74) is 5.95. The number of primary amides is 1. The number of pyridine rings is 1. The van der Waals surface area contributed by atoms with Gasteiger partial charge in [-0.05, 0) is 53.6 Å². The third-order valence-electron chi connectivity index (χ3n) is 4.56. The molecule has 1 fully saturated rings. The maximum Gasteiger partial charge on any atom is 0.270 e. The SMILES string of the molecule is NC(=O)C1CCCN(c2ccc(NC(=O)c3cc([N+](=O)[O-])ccc3I)cn2)C1. The number of nitro benzene ring substituents is 1. The van der Waals surface area contributed by atoms with Crippen molar-refractivity contribution in [2.75, 3.05) is 23.3 Å². The summed E-state index contributed by atoms with van der Waals surface area (Å²) in [6.07, 6.45) is 3.16. The molecule has 1 saturated heterocycles. The number of amides is 2. The summed E-state index contributed by atoms with van der Waals surface area (Å²) in [4.78, 5) is 40.6. The number of rotatable bonds is 5. The highest BCUT2D eigenvalue weighted by atomic mass is 127. The Morgan fingerprint density at radius 2 is 2.11 bits per heavy atom. The lowest BCUT2D eigenvalue weighted by Crippen LogP contribution is -2.41. The first kappa shape index (κ1) is 20.0. The summed E-state index contributed by atoms with van der Waals surface area (Å²) in [5.74, 6) is -0.241. The number of hydrogen-bond acceptors (Lipinski definition) is 6. The van der Waals surface area contributed by atoms with Crippen LogP contribution in [-0.2, 0) is 4.79 Å². The van der Waals surface area contributed by atoms with E-state index >= 15 is 0 Å². The zero-order valence-electron chi connectivity index (χ0n) is 14.8. The van der Waals surface area contributed by atoms with Crippen molar-refractivity contribution < 1.29 is 14.5 Å². The molecule has 1 unspecified atom stereocenters. The van der Waals surface area contributed by atoms with Gasteiger partial charge in [0.15, 0.2) is 0 Å². The topological polar surface area (TPSA) is 131 Å². The van der Waals surface area contributed by atoms with Crippen LogP contribution >= 0.6 is 22.6 Å². The van der Waals surface area contributed by atoms with Crippen LogP contribution in [0.15, 0.2) is 36.5 Å². The van der Waals surface area contributed by atoms with Crippen LogP contribution in [0.4, 0.5) is 17.2 Å². The number of anilines is 2. The van der Waals surface area contributed by atoms with E-state index in [9.17, 15) is 19.7 Å². The predicted octanol–water partition coefficient (Wildman–Crippen LogP) is 2.55. The van der Waals surface area contributed by atoms with E-state index in [1.807, 2.05) is 27.5 Å². The van der Waals surface area contributed by atoms with Gasteiger partial charge in [0.05, 0.1) is 28.3 Å². The molecule has 28 heavy (non-hydrogen) atoms. The van der Waals surface area contributed by atoms with Crippen molar-refractivity contribution >= 4 is 51.6 Å². The van der Waals surface area contributed by atoms with Gasteiger partial charge < -0.3 is 16.0 Å². The second-order valence-electron chi connectivity index (χ2n) is 6.47. The number of benzene rings is 1. The second kappa shape index (κ2) is 8.50. The summed E-state index contributed by atoms with van der Waals surface area (Å²) in [5, 5.41) is 13.6. The number of nitrogens with zero attached hydrogens (tertiary/aromatic N) is 3. The van der Waals surface area contributed by atoms with Crippen LogP contribution in [-0.4, -0.2) is 34.8 Å². The first-order valence-corrected chi connectivity index (χ1v) is 9.68. The van der Waals surface area contributed by atoms with Crippen molar-refractivity contribution in [2.45, 2.75) is 12.8 Å². The maximum absolute atomic E-state index is 12.5. The number of non-ortho nitro benzene ring substituents is 1. The van der Waals surface area contributed by atoms with E-state index in [0.29, 0.717) is 21.6 Å². The first-order chi connectivity index (χ1) is 13.3. The molecule has 1 aromatic carbocycles. The highest BCUT2D eigenvalue weighted by Gasteiger charge is 2.24. The lowest BCUT2D eigenvalue weighted by Gasteiger charge is -2.32. The number of aromatic nitrogens is 1. The Morgan fingerprint density at radius 1 is 1.32 bits per heavy atom. The molecule has 0 aliphatic carbocycles. The monoisotopic (exact) mass is 495 g/mol. The molecule has 3 rings (SSSR count). The van der Waals surface area contributed by atoms with Crippen molar-refractivity contribution in [1.29, 1.82) is 0 Å². The molecule has 9 nitrogen and oxygen atoms in total. The number of hydrogen-bond donors (Lipinski definition) is 2. The first-order valence-electron chi connectivity index (χ1n) is 8.61. The molecule has 146 valence electrons. The van der Waals surface area contributed by atoms with E-state index in [1.165, 1.54) is 24.4 Å². The Hall–Kier alpha value is -2.76. The van der Waals surface area contributed by atoms with Crippen LogP contribution in [0.25, 0.3) is 0 Å². The summed E-state index contributed by atoms with van der Waals surface area (Å²) in [6, 6.07) is 7.60. The van der Waals surface area contributed by atoms with E-state index in [0.717, 1.165) is 19.4 Å². The number of nitro groups is 1. The highest BCUT2D eigenvalue weighted by molar-refractivity contribution is 14.1. The molecule has 1 atom stereocenters. The van der Waals surface area contributed by atoms with Crippen molar-refractivity contribution in [2.24, 2.45) is 11.7 Å². The van der Waals surface area contributed by atoms with Gasteiger partial charge in [0.25, 0.3) is 11.6 Å². The fourth-order valence-electron chi connectivity index (χ4n) is 3.06. The van der Waals surface area contributed by atoms with Crippen LogP contribution in [0.1, 0.15) is 23.2 Å². The molecular weight excluding hydrogens is 477 g/mol. The average molecular weight is 495 g/mol. The normalized spacial score (nSPS) is 16.5. The maximum atomic E-state index is 12.5. The van der Waals surface area contributed by atoms with Gasteiger partial charge in [-0.25, -0.2) is 4.98 Å². The number of piperidine rings is 1. The lowest BCUT2D eigenvalue weighted by molar-refractivity contribution is -0.384. The molecule has 1 aliphatic heterocycles. The van der Waals surface area contributed by atoms with E-state index in [-0.39, 0.29) is 23.1 Å². The average Bonchev–Trinajstić information content (AvgIpc) is 2.68. The summed E-state index contributed by atoms with van der Waals surface area (Å²) in [6.45, 7) is 1.31. The zero-order valence-corrected chi connectivity index (χ0v) is 17.0. The van der Waals surface area contributed by atoms with Crippen molar-refractivity contribution in [3.63, 3.8) is 0 Å². The quantitative estimate of drug-likeness (QED) is 0.373. The lowest BCUT2D eigenvalue weighted by atomic mass is 9.97. The van der Waals surface area contributed by atoms with E-state index < -0.39 is 10.8 Å². The third-order valence-corrected chi connectivity index (χ3v) is 5.50. The number of nitrogens with two attached hydrogens (primary N) is 1. The smallest absolute Gasteiger partial charge is 0.270 e. The molecule has 2 heterocycles. The Labute approximate surface area is 174 Å². The van der Waals surface area contributed by atoms with Gasteiger partial charge in [-0.1, -0.05) is 0 Å². The molecule has 3 N–H and O–H groups in total. The Morgan fingerprint density at radius 3 is 2.75 bits per heavy atom. The molecule has 0 bridgehead atoms. The zero-order chi connectivity index (χ0) is 20.3. The Kier molecular flexibility index (Phi) is 6.07. The van der Waals surface area contributed by atoms with Crippen molar-refractivity contribution in [1.82, 2.24) is 4.98 Å². The molecule has 2 amide bonds. The predicted molar refractivity (Wildman–Crippen MR) is 112 cm³/mol. The Balaban J connectivity index is 1.71. The van der Waals surface area contributed by atoms with Crippen LogP contribution in [0.3, 0.4) is 0 Å². The van der Waals surface area contributed by atoms with Crippen molar-refractivity contribution in [3.05, 3.63) is 55.8 Å². The summed E-state index contributed by atoms with van der Waals surface area (Å²) >= 11 is 1.96. The number of carbonyl (C=O) groups excluding carboxylic acids is 2. The van der Waals surface area contributed by atoms with Crippen molar-refractivity contribution in [3.8, 4) is 0 Å². The van der Waals surface area contributed by atoms with Gasteiger partial charge in [-0.2, -0.15) is 0 Å². The Bertz CT molecular complexity index is 919. The van der Waals surface area contributed by atoms with Gasteiger partial charge in [0.1, 0.15) is 5.82 Å². The molecule has 1 aromatic heterocycles. The largest absolute Gasteiger partial charge is 0.369 e. The standard InChI is InChI=1S/C18H18IN5O4/c19-15-5-4-13(24(27)28)8-14(15)18(26)22-12-3-6-16(21-9-12)23-7-1-2-11(10-23)17(20)25/h3-6,8-9,11H,1-2,7,10H2,(H2,20,25)(H,22,26). The molecule has 0 radical (unpaired) electrons. The molecule has 10 heteroatoms. The minimum atomic E-state index is -0.540. The molecule has 0 saturated carbocycles. The molecule has 2 aromatic rings. The fourth-order valence-corrected chi connectivity index (χ4v) is 3.64. The minimum absolute atomic E-state index is 0.145. The van der Waals surface area contributed by atoms with Gasteiger partial charge >= 0.3 is 0 Å². The number of carbonyl (C=O) groups is 2. The van der Waals surface area contributed by atoms with E-state index in [4.69, 9.17) is 5.73 Å². The van der Waals surface area contributed by atoms with Gasteiger partial charge in [-0.3, -0.25) is 19.7 Å². The summed E-state index contributed by atoms with van der Waals surface area (Å²) < 4.78 is 0.607. The van der Waals surface area contributed by atoms with Crippen LogP contribution < -0.4 is 16.0 Å². The molecular formula is C18H18IN5O4. The number of nitrogens with one attached hydrogen (secondary N) is 1. The van der Waals surface area contributed by atoms with Gasteiger partial charge in [-0.15, -0.1) is 0 Å². The highest BCUT2D eigenvalue weighted by Crippen LogP contribution is 2.24. The number of halogens is 1. The van der Waals surface area contributed by atoms with E-state index in [1.54, 1.807) is 12.1 Å². The summed E-state index contributed by atoms with van der Waals surface area (Å²) in [7, 11) is 0. The van der Waals surface area contributed by atoms with Crippen LogP contribution in [0, 0.1) is 19.6 Å². The second-order valence-corrected chi connectivity index (χ2v) is 7.63.